The summed E-state index contributed by atoms with van der Waals surface area (Å²) in [7, 11) is 0. The second-order valence-corrected chi connectivity index (χ2v) is 9.76. The van der Waals surface area contributed by atoms with Gasteiger partial charge in [-0.2, -0.15) is 0 Å². The van der Waals surface area contributed by atoms with Crippen molar-refractivity contribution in [3.05, 3.63) is 108 Å². The molecule has 186 valence electrons. The van der Waals surface area contributed by atoms with E-state index < -0.39 is 0 Å². The average molecular weight is 483 g/mol. The van der Waals surface area contributed by atoms with Crippen molar-refractivity contribution in [2.24, 2.45) is 5.92 Å². The Labute approximate surface area is 213 Å². The first-order valence-corrected chi connectivity index (χ1v) is 12.9. The van der Waals surface area contributed by atoms with Gasteiger partial charge in [0.15, 0.2) is 0 Å². The van der Waals surface area contributed by atoms with Gasteiger partial charge in [-0.25, -0.2) is 4.79 Å². The third-order valence-corrected chi connectivity index (χ3v) is 7.25. The van der Waals surface area contributed by atoms with Gasteiger partial charge in [-0.3, -0.25) is 9.69 Å². The third kappa shape index (κ3) is 5.77. The molecule has 2 heterocycles. The van der Waals surface area contributed by atoms with E-state index in [1.54, 1.807) is 0 Å². The van der Waals surface area contributed by atoms with E-state index in [4.69, 9.17) is 0 Å². The van der Waals surface area contributed by atoms with Crippen LogP contribution in [0.1, 0.15) is 29.2 Å². The molecule has 2 fully saturated rings. The number of hydrogen-bond donors (Lipinski definition) is 1. The zero-order chi connectivity index (χ0) is 24.7. The summed E-state index contributed by atoms with van der Waals surface area (Å²) < 4.78 is 0. The Balaban J connectivity index is 1.12. The maximum atomic E-state index is 12.9. The molecule has 3 aromatic carbocycles. The van der Waals surface area contributed by atoms with Crippen LogP contribution in [0.25, 0.3) is 0 Å². The molecule has 1 unspecified atom stereocenters. The lowest BCUT2D eigenvalue weighted by molar-refractivity contribution is -0.128. The molecule has 2 aliphatic heterocycles. The van der Waals surface area contributed by atoms with Crippen LogP contribution in [0.3, 0.4) is 0 Å². The summed E-state index contributed by atoms with van der Waals surface area (Å²) >= 11 is 0. The van der Waals surface area contributed by atoms with Gasteiger partial charge in [0.2, 0.25) is 5.91 Å². The van der Waals surface area contributed by atoms with E-state index in [0.717, 1.165) is 18.7 Å². The minimum atomic E-state index is -0.0282. The average Bonchev–Trinajstić information content (AvgIpc) is 3.28. The first-order valence-electron chi connectivity index (χ1n) is 12.9. The minimum Gasteiger partial charge on any atom is -0.338 e. The van der Waals surface area contributed by atoms with Gasteiger partial charge < -0.3 is 15.1 Å². The van der Waals surface area contributed by atoms with Crippen LogP contribution in [0.5, 0.6) is 0 Å². The molecule has 2 saturated heterocycles. The van der Waals surface area contributed by atoms with E-state index >= 15 is 0 Å². The highest BCUT2D eigenvalue weighted by molar-refractivity contribution is 5.79. The monoisotopic (exact) mass is 482 g/mol. The van der Waals surface area contributed by atoms with Crippen LogP contribution in [0.15, 0.2) is 91.0 Å². The van der Waals surface area contributed by atoms with Crippen molar-refractivity contribution < 1.29 is 9.59 Å². The summed E-state index contributed by atoms with van der Waals surface area (Å²) in [6, 6.07) is 31.4. The largest absolute Gasteiger partial charge is 0.338 e. The molecule has 0 aliphatic carbocycles. The topological polar surface area (TPSA) is 55.9 Å². The molecule has 3 aromatic rings. The van der Waals surface area contributed by atoms with Crippen LogP contribution in [-0.4, -0.2) is 65.9 Å². The highest BCUT2D eigenvalue weighted by Gasteiger charge is 2.31. The highest BCUT2D eigenvalue weighted by Crippen LogP contribution is 2.29. The van der Waals surface area contributed by atoms with Crippen LogP contribution < -0.4 is 5.32 Å². The van der Waals surface area contributed by atoms with Gasteiger partial charge in [0.1, 0.15) is 0 Å². The van der Waals surface area contributed by atoms with Gasteiger partial charge in [0.05, 0.1) is 6.04 Å². The van der Waals surface area contributed by atoms with Crippen molar-refractivity contribution in [1.82, 2.24) is 20.0 Å². The van der Waals surface area contributed by atoms with Crippen molar-refractivity contribution >= 4 is 11.9 Å². The molecule has 6 nitrogen and oxygen atoms in total. The molecule has 0 bridgehead atoms. The molecule has 6 heteroatoms. The zero-order valence-electron chi connectivity index (χ0n) is 20.6. The van der Waals surface area contributed by atoms with Gasteiger partial charge in [-0.15, -0.1) is 0 Å². The lowest BCUT2D eigenvalue weighted by Gasteiger charge is -2.39. The number of amides is 3. The van der Waals surface area contributed by atoms with E-state index in [-0.39, 0.29) is 23.9 Å². The second kappa shape index (κ2) is 11.4. The van der Waals surface area contributed by atoms with Gasteiger partial charge in [0.25, 0.3) is 0 Å². The molecule has 3 amide bonds. The van der Waals surface area contributed by atoms with Crippen molar-refractivity contribution in [2.75, 3.05) is 39.3 Å². The van der Waals surface area contributed by atoms with Crippen molar-refractivity contribution in [3.8, 4) is 0 Å². The molecular formula is C30H34N4O2. The normalized spacial score (nSPS) is 18.6. The molecule has 2 aliphatic rings. The van der Waals surface area contributed by atoms with Gasteiger partial charge >= 0.3 is 6.03 Å². The number of likely N-dealkylation sites (tertiary alicyclic amines) is 1. The molecule has 0 aromatic heterocycles. The van der Waals surface area contributed by atoms with Crippen LogP contribution in [0, 0.1) is 5.92 Å². The van der Waals surface area contributed by atoms with Crippen LogP contribution in [-0.2, 0) is 11.3 Å². The summed E-state index contributed by atoms with van der Waals surface area (Å²) in [6.07, 6.45) is 0.497. The lowest BCUT2D eigenvalue weighted by Crippen LogP contribution is -2.53. The predicted octanol–water partition coefficient (Wildman–Crippen LogP) is 4.15. The van der Waals surface area contributed by atoms with Crippen molar-refractivity contribution in [3.63, 3.8) is 0 Å². The summed E-state index contributed by atoms with van der Waals surface area (Å²) in [5, 5.41) is 3.10. The first kappa shape index (κ1) is 24.1. The molecule has 0 spiro atoms. The molecule has 0 radical (unpaired) electrons. The number of nitrogens with one attached hydrogen (secondary N) is 1. The standard InChI is InChI=1S/C30H34N4O2/c35-28-20-25(23-34(28)22-24-10-4-1-5-11-24)21-31-30(36)33-18-16-32(17-19-33)29(26-12-6-2-7-13-26)27-14-8-3-9-15-27/h1-15,25,29H,16-23H2,(H,31,36). The third-order valence-electron chi connectivity index (χ3n) is 7.25. The molecule has 1 atom stereocenters. The van der Waals surface area contributed by atoms with Gasteiger partial charge in [-0.05, 0) is 16.7 Å². The Morgan fingerprint density at radius 3 is 1.94 bits per heavy atom. The van der Waals surface area contributed by atoms with E-state index in [1.807, 2.05) is 52.3 Å². The van der Waals surface area contributed by atoms with E-state index in [1.165, 1.54) is 11.1 Å². The number of nitrogens with zero attached hydrogens (tertiary/aromatic N) is 3. The predicted molar refractivity (Wildman–Crippen MR) is 141 cm³/mol. The number of urea groups is 1. The smallest absolute Gasteiger partial charge is 0.317 e. The van der Waals surface area contributed by atoms with E-state index in [0.29, 0.717) is 39.1 Å². The number of carbonyl (C=O) groups excluding carboxylic acids is 2. The van der Waals surface area contributed by atoms with Crippen LogP contribution >= 0.6 is 0 Å². The Hall–Kier alpha value is -3.64. The zero-order valence-corrected chi connectivity index (χ0v) is 20.6. The molecule has 5 rings (SSSR count). The minimum absolute atomic E-state index is 0.0282. The van der Waals surface area contributed by atoms with Gasteiger partial charge in [0, 0.05) is 58.2 Å². The number of piperazine rings is 1. The van der Waals surface area contributed by atoms with Gasteiger partial charge in [-0.1, -0.05) is 91.0 Å². The summed E-state index contributed by atoms with van der Waals surface area (Å²) in [5.74, 6) is 0.326. The Morgan fingerprint density at radius 1 is 0.806 bits per heavy atom. The van der Waals surface area contributed by atoms with Crippen LogP contribution in [0.4, 0.5) is 4.79 Å². The fourth-order valence-electron chi connectivity index (χ4n) is 5.36. The summed E-state index contributed by atoms with van der Waals surface area (Å²) in [6.45, 7) is 4.86. The van der Waals surface area contributed by atoms with E-state index in [9.17, 15) is 9.59 Å². The highest BCUT2D eigenvalue weighted by atomic mass is 16.2. The summed E-state index contributed by atoms with van der Waals surface area (Å²) in [5.41, 5.74) is 3.68. The summed E-state index contributed by atoms with van der Waals surface area (Å²) in [4.78, 5) is 31.7. The Bertz CT molecular complexity index is 1090. The van der Waals surface area contributed by atoms with Crippen LogP contribution in [0.2, 0.25) is 0 Å². The number of hydrogen-bond acceptors (Lipinski definition) is 3. The molecule has 1 N–H and O–H groups in total. The fraction of sp³-hybridized carbons (Fsp3) is 0.333. The SMILES string of the molecule is O=C1CC(CNC(=O)N2CCN(C(c3ccccc3)c3ccccc3)CC2)CN1Cc1ccccc1. The molecule has 36 heavy (non-hydrogen) atoms. The quantitative estimate of drug-likeness (QED) is 0.550. The fourth-order valence-corrected chi connectivity index (χ4v) is 5.36. The maximum Gasteiger partial charge on any atom is 0.317 e. The van der Waals surface area contributed by atoms with Crippen molar-refractivity contribution in [1.29, 1.82) is 0 Å². The maximum absolute atomic E-state index is 12.9. The number of benzene rings is 3. The first-order chi connectivity index (χ1) is 17.7. The lowest BCUT2D eigenvalue weighted by atomic mass is 9.96. The molecular weight excluding hydrogens is 448 g/mol. The van der Waals surface area contributed by atoms with Crippen molar-refractivity contribution in [2.45, 2.75) is 19.0 Å². The Kier molecular flexibility index (Phi) is 7.62. The second-order valence-electron chi connectivity index (χ2n) is 9.76. The number of carbonyl (C=O) groups is 2. The van der Waals surface area contributed by atoms with E-state index in [2.05, 4.69) is 58.7 Å². The Morgan fingerprint density at radius 2 is 1.36 bits per heavy atom. The molecule has 0 saturated carbocycles. The number of rotatable bonds is 7.